The van der Waals surface area contributed by atoms with Crippen LogP contribution in [0.25, 0.3) is 87.2 Å². The molecular formula is C49H29N5O2S. The van der Waals surface area contributed by atoms with Crippen LogP contribution >= 0.6 is 11.3 Å². The molecule has 11 aromatic rings. The Morgan fingerprint density at radius 3 is 1.89 bits per heavy atom. The summed E-state index contributed by atoms with van der Waals surface area (Å²) in [5, 5.41) is 9.06. The fraction of sp³-hybridized carbons (Fsp3) is 0.0204. The molecule has 57 heavy (non-hydrogen) atoms. The minimum absolute atomic E-state index is 0.400. The second-order valence-corrected chi connectivity index (χ2v) is 15.3. The molecule has 7 aromatic carbocycles. The average molecular weight is 752 g/mol. The van der Waals surface area contributed by atoms with Gasteiger partial charge in [-0.3, -0.25) is 4.99 Å². The van der Waals surface area contributed by atoms with Crippen molar-refractivity contribution in [3.05, 3.63) is 181 Å². The molecule has 8 heteroatoms. The molecule has 0 saturated carbocycles. The van der Waals surface area contributed by atoms with Gasteiger partial charge in [-0.15, -0.1) is 11.3 Å². The molecule has 1 aliphatic rings. The molecule has 12 rings (SSSR count). The first kappa shape index (κ1) is 31.9. The van der Waals surface area contributed by atoms with Gasteiger partial charge in [0, 0.05) is 53.0 Å². The highest BCUT2D eigenvalue weighted by molar-refractivity contribution is 7.26. The quantitative estimate of drug-likeness (QED) is 0.188. The standard InChI is InChI=1S/C49H29N5O2S/c1-3-13-28(14-4-1)46-52-47(29-15-5-2-6-16-29)54-48(53-46)35-20-12-24-39-41(35)34-26-25-30(27-40(34)57-39)42-45-43(33-18-8-10-23-38(33)56-45)51-49(50-42)36-21-11-19-32-31-17-7-9-22-37(31)55-44(32)36/h1-27,42H,(H,50,51). The summed E-state index contributed by atoms with van der Waals surface area (Å²) in [6.07, 6.45) is 0. The molecule has 7 nitrogen and oxygen atoms in total. The maximum absolute atomic E-state index is 6.61. The van der Waals surface area contributed by atoms with Gasteiger partial charge in [-0.1, -0.05) is 127 Å². The fourth-order valence-electron chi connectivity index (χ4n) is 8.15. The highest BCUT2D eigenvalue weighted by atomic mass is 32.1. The topological polar surface area (TPSA) is 89.3 Å². The average Bonchev–Trinajstić information content (AvgIpc) is 3.97. The van der Waals surface area contributed by atoms with Crippen LogP contribution in [0, 0.1) is 0 Å². The van der Waals surface area contributed by atoms with Crippen molar-refractivity contribution in [1.82, 2.24) is 15.0 Å². The molecule has 1 N–H and O–H groups in total. The van der Waals surface area contributed by atoms with Crippen molar-refractivity contribution in [1.29, 1.82) is 0 Å². The summed E-state index contributed by atoms with van der Waals surface area (Å²) in [5.74, 6) is 3.43. The van der Waals surface area contributed by atoms with Gasteiger partial charge in [-0.05, 0) is 42.0 Å². The maximum Gasteiger partial charge on any atom is 0.164 e. The Morgan fingerprint density at radius 1 is 0.491 bits per heavy atom. The van der Waals surface area contributed by atoms with Crippen molar-refractivity contribution in [2.24, 2.45) is 4.99 Å². The van der Waals surface area contributed by atoms with E-state index in [0.29, 0.717) is 17.5 Å². The highest BCUT2D eigenvalue weighted by Crippen LogP contribution is 2.46. The van der Waals surface area contributed by atoms with Crippen molar-refractivity contribution in [3.63, 3.8) is 0 Å². The molecule has 0 saturated heterocycles. The molecule has 0 bridgehead atoms. The van der Waals surface area contributed by atoms with Crippen molar-refractivity contribution in [3.8, 4) is 34.2 Å². The lowest BCUT2D eigenvalue weighted by Gasteiger charge is -2.22. The number of furan rings is 2. The summed E-state index contributed by atoms with van der Waals surface area (Å²) in [6, 6.07) is 55.4. The number of thiophene rings is 1. The second-order valence-electron chi connectivity index (χ2n) is 14.2. The zero-order valence-electron chi connectivity index (χ0n) is 30.2. The Labute approximate surface area is 329 Å². The van der Waals surface area contributed by atoms with Crippen LogP contribution in [0.1, 0.15) is 22.9 Å². The van der Waals surface area contributed by atoms with E-state index < -0.39 is 6.04 Å². The van der Waals surface area contributed by atoms with E-state index in [4.69, 9.17) is 28.8 Å². The SMILES string of the molecule is c1ccc(-c2nc(-c3ccccc3)nc(-c3cccc4sc5cc(C6N=C(c7cccc8c7oc7ccccc78)Nc7c6oc6ccccc76)ccc5c34)n2)cc1. The Morgan fingerprint density at radius 2 is 1.12 bits per heavy atom. The summed E-state index contributed by atoms with van der Waals surface area (Å²) < 4.78 is 15.4. The van der Waals surface area contributed by atoms with Crippen molar-refractivity contribution in [2.75, 3.05) is 5.32 Å². The summed E-state index contributed by atoms with van der Waals surface area (Å²) in [7, 11) is 0. The predicted molar refractivity (Wildman–Crippen MR) is 231 cm³/mol. The number of benzene rings is 7. The van der Waals surface area contributed by atoms with Gasteiger partial charge in [0.05, 0.1) is 11.3 Å². The smallest absolute Gasteiger partial charge is 0.164 e. The minimum atomic E-state index is -0.400. The third kappa shape index (κ3) is 5.11. The minimum Gasteiger partial charge on any atom is -0.456 e. The van der Waals surface area contributed by atoms with Crippen molar-refractivity contribution in [2.45, 2.75) is 6.04 Å². The largest absolute Gasteiger partial charge is 0.456 e. The number of aliphatic imine (C=N–C) groups is 1. The molecule has 5 heterocycles. The molecule has 4 aromatic heterocycles. The highest BCUT2D eigenvalue weighted by Gasteiger charge is 2.31. The number of hydrogen-bond acceptors (Lipinski definition) is 8. The number of anilines is 1. The van der Waals surface area contributed by atoms with E-state index in [0.717, 1.165) is 98.2 Å². The Balaban J connectivity index is 1.03. The van der Waals surface area contributed by atoms with E-state index in [2.05, 4.69) is 72.0 Å². The van der Waals surface area contributed by atoms with Gasteiger partial charge in [0.15, 0.2) is 23.2 Å². The van der Waals surface area contributed by atoms with Crippen molar-refractivity contribution >= 4 is 75.9 Å². The first-order valence-corrected chi connectivity index (χ1v) is 19.6. The Hall–Kier alpha value is -7.42. The van der Waals surface area contributed by atoms with Gasteiger partial charge in [0.1, 0.15) is 28.6 Å². The van der Waals surface area contributed by atoms with Crippen LogP contribution in [0.5, 0.6) is 0 Å². The molecule has 0 amide bonds. The zero-order chi connectivity index (χ0) is 37.5. The van der Waals surface area contributed by atoms with Gasteiger partial charge in [-0.2, -0.15) is 0 Å². The van der Waals surface area contributed by atoms with Gasteiger partial charge in [0.2, 0.25) is 0 Å². The number of nitrogens with zero attached hydrogens (tertiary/aromatic N) is 4. The molecule has 0 spiro atoms. The van der Waals surface area contributed by atoms with E-state index in [1.807, 2.05) is 97.1 Å². The number of aromatic nitrogens is 3. The van der Waals surface area contributed by atoms with Crippen LogP contribution in [0.2, 0.25) is 0 Å². The number of nitrogens with one attached hydrogen (secondary N) is 1. The number of hydrogen-bond donors (Lipinski definition) is 1. The summed E-state index contributed by atoms with van der Waals surface area (Å²) in [4.78, 5) is 20.5. The fourth-order valence-corrected chi connectivity index (χ4v) is 9.33. The van der Waals surface area contributed by atoms with E-state index in [1.165, 1.54) is 0 Å². The number of fused-ring (bicyclic) bond motifs is 9. The van der Waals surface area contributed by atoms with Gasteiger partial charge in [0.25, 0.3) is 0 Å². The van der Waals surface area contributed by atoms with E-state index in [-0.39, 0.29) is 0 Å². The molecule has 268 valence electrons. The molecule has 1 atom stereocenters. The summed E-state index contributed by atoms with van der Waals surface area (Å²) >= 11 is 1.76. The summed E-state index contributed by atoms with van der Waals surface area (Å²) in [6.45, 7) is 0. The van der Waals surface area contributed by atoms with E-state index in [9.17, 15) is 0 Å². The lowest BCUT2D eigenvalue weighted by molar-refractivity contribution is 0.526. The second kappa shape index (κ2) is 12.6. The zero-order valence-corrected chi connectivity index (χ0v) is 31.0. The molecule has 0 radical (unpaired) electrons. The van der Waals surface area contributed by atoms with Crippen LogP contribution in [0.15, 0.2) is 178 Å². The van der Waals surface area contributed by atoms with E-state index >= 15 is 0 Å². The van der Waals surface area contributed by atoms with Gasteiger partial charge < -0.3 is 14.2 Å². The van der Waals surface area contributed by atoms with Crippen LogP contribution in [-0.2, 0) is 0 Å². The monoisotopic (exact) mass is 751 g/mol. The van der Waals surface area contributed by atoms with Crippen molar-refractivity contribution < 1.29 is 8.83 Å². The Kier molecular flexibility index (Phi) is 7.02. The lowest BCUT2D eigenvalue weighted by Crippen LogP contribution is -2.21. The van der Waals surface area contributed by atoms with Crippen LogP contribution in [-0.4, -0.2) is 20.8 Å². The maximum atomic E-state index is 6.61. The normalized spacial score (nSPS) is 14.0. The molecule has 0 aliphatic carbocycles. The summed E-state index contributed by atoms with van der Waals surface area (Å²) in [5.41, 5.74) is 8.16. The lowest BCUT2D eigenvalue weighted by atomic mass is 9.98. The van der Waals surface area contributed by atoms with Crippen LogP contribution in [0.4, 0.5) is 5.69 Å². The number of amidine groups is 1. The van der Waals surface area contributed by atoms with Crippen LogP contribution < -0.4 is 5.32 Å². The molecule has 1 aliphatic heterocycles. The first-order chi connectivity index (χ1) is 28.2. The number of rotatable bonds is 5. The first-order valence-electron chi connectivity index (χ1n) is 18.8. The molecule has 0 fully saturated rings. The third-order valence-corrected chi connectivity index (χ3v) is 11.9. The van der Waals surface area contributed by atoms with E-state index in [1.54, 1.807) is 11.3 Å². The Bertz CT molecular complexity index is 3340. The van der Waals surface area contributed by atoms with Crippen LogP contribution in [0.3, 0.4) is 0 Å². The van der Waals surface area contributed by atoms with Gasteiger partial charge >= 0.3 is 0 Å². The molecular weight excluding hydrogens is 723 g/mol. The van der Waals surface area contributed by atoms with Gasteiger partial charge in [-0.25, -0.2) is 15.0 Å². The predicted octanol–water partition coefficient (Wildman–Crippen LogP) is 12.8. The number of para-hydroxylation sites is 3. The molecule has 1 unspecified atom stereocenters. The third-order valence-electron chi connectivity index (χ3n) is 10.8.